The van der Waals surface area contributed by atoms with Crippen LogP contribution >= 0.6 is 0 Å². The third kappa shape index (κ3) is 4.33. The lowest BCUT2D eigenvalue weighted by molar-refractivity contribution is -0.140. The second-order valence-corrected chi connectivity index (χ2v) is 8.29. The number of rotatable bonds is 6. The number of amides is 2. The Morgan fingerprint density at radius 2 is 1.85 bits per heavy atom. The zero-order chi connectivity index (χ0) is 18.6. The maximum absolute atomic E-state index is 12.6. The van der Waals surface area contributed by atoms with Gasteiger partial charge in [0.15, 0.2) is 5.82 Å². The van der Waals surface area contributed by atoms with E-state index < -0.39 is 0 Å². The molecule has 7 nitrogen and oxygen atoms in total. The first-order chi connectivity index (χ1) is 13.2. The third-order valence-corrected chi connectivity index (χ3v) is 6.42. The maximum atomic E-state index is 12.6. The van der Waals surface area contributed by atoms with Crippen LogP contribution in [0.5, 0.6) is 0 Å². The summed E-state index contributed by atoms with van der Waals surface area (Å²) in [7, 11) is 0. The van der Waals surface area contributed by atoms with Crippen LogP contribution < -0.4 is 5.32 Å². The molecule has 4 rings (SSSR count). The Kier molecular flexibility index (Phi) is 5.74. The van der Waals surface area contributed by atoms with Crippen molar-refractivity contribution in [3.8, 4) is 0 Å². The molecule has 1 unspecified atom stereocenters. The first kappa shape index (κ1) is 18.4. The van der Waals surface area contributed by atoms with Gasteiger partial charge in [-0.15, -0.1) is 0 Å². The van der Waals surface area contributed by atoms with Crippen LogP contribution in [0.4, 0.5) is 0 Å². The molecule has 3 fully saturated rings. The van der Waals surface area contributed by atoms with E-state index in [1.165, 1.54) is 25.7 Å². The second-order valence-electron chi connectivity index (χ2n) is 8.29. The largest absolute Gasteiger partial charge is 0.355 e. The van der Waals surface area contributed by atoms with Crippen molar-refractivity contribution in [2.45, 2.75) is 82.6 Å². The quantitative estimate of drug-likeness (QED) is 0.827. The van der Waals surface area contributed by atoms with E-state index in [1.807, 2.05) is 4.90 Å². The van der Waals surface area contributed by atoms with Gasteiger partial charge in [0.05, 0.1) is 5.92 Å². The first-order valence-corrected chi connectivity index (χ1v) is 10.6. The van der Waals surface area contributed by atoms with Crippen LogP contribution in [0.25, 0.3) is 0 Å². The summed E-state index contributed by atoms with van der Waals surface area (Å²) in [5, 5.41) is 7.06. The predicted molar refractivity (Wildman–Crippen MR) is 98.9 cm³/mol. The van der Waals surface area contributed by atoms with Crippen molar-refractivity contribution < 1.29 is 14.1 Å². The molecule has 2 heterocycles. The molecule has 1 aromatic rings. The molecule has 148 valence electrons. The molecule has 7 heteroatoms. The molecule has 0 aromatic carbocycles. The Labute approximate surface area is 160 Å². The molecule has 1 saturated heterocycles. The summed E-state index contributed by atoms with van der Waals surface area (Å²) in [5.41, 5.74) is 0. The molecule has 0 radical (unpaired) electrons. The number of carbonyl (C=O) groups is 2. The van der Waals surface area contributed by atoms with Crippen molar-refractivity contribution in [1.82, 2.24) is 20.4 Å². The number of carbonyl (C=O) groups excluding carboxylic acids is 2. The van der Waals surface area contributed by atoms with Gasteiger partial charge in [0.25, 0.3) is 0 Å². The molecule has 2 amide bonds. The summed E-state index contributed by atoms with van der Waals surface area (Å²) in [4.78, 5) is 31.2. The van der Waals surface area contributed by atoms with Gasteiger partial charge in [-0.2, -0.15) is 4.98 Å². The molecular formula is C20H30N4O3. The van der Waals surface area contributed by atoms with Crippen LogP contribution in [-0.4, -0.2) is 46.0 Å². The van der Waals surface area contributed by atoms with Gasteiger partial charge in [-0.05, 0) is 32.1 Å². The van der Waals surface area contributed by atoms with Crippen LogP contribution in [0, 0.1) is 5.92 Å². The molecular weight excluding hydrogens is 344 g/mol. The van der Waals surface area contributed by atoms with Crippen molar-refractivity contribution in [2.24, 2.45) is 5.92 Å². The standard InChI is InChI=1S/C20H30N4O3/c25-18-10-9-15(13-24(18)16-7-3-4-8-16)19(26)21-12-11-17-22-20(27-23-17)14-5-1-2-6-14/h14-16H,1-13H2,(H,21,26). The highest BCUT2D eigenvalue weighted by Gasteiger charge is 2.35. The van der Waals surface area contributed by atoms with Gasteiger partial charge in [-0.25, -0.2) is 0 Å². The molecule has 1 N–H and O–H groups in total. The van der Waals surface area contributed by atoms with Crippen LogP contribution in [0.15, 0.2) is 4.52 Å². The Balaban J connectivity index is 1.23. The highest BCUT2D eigenvalue weighted by Crippen LogP contribution is 2.33. The van der Waals surface area contributed by atoms with Crippen LogP contribution in [-0.2, 0) is 16.0 Å². The van der Waals surface area contributed by atoms with Gasteiger partial charge < -0.3 is 14.7 Å². The van der Waals surface area contributed by atoms with Gasteiger partial charge in [-0.3, -0.25) is 9.59 Å². The van der Waals surface area contributed by atoms with Crippen LogP contribution in [0.2, 0.25) is 0 Å². The highest BCUT2D eigenvalue weighted by molar-refractivity contribution is 5.84. The number of likely N-dealkylation sites (tertiary alicyclic amines) is 1. The van der Waals surface area contributed by atoms with Crippen molar-refractivity contribution in [3.63, 3.8) is 0 Å². The Bertz CT molecular complexity index is 662. The zero-order valence-electron chi connectivity index (χ0n) is 16.0. The van der Waals surface area contributed by atoms with E-state index in [1.54, 1.807) is 0 Å². The average Bonchev–Trinajstić information content (AvgIpc) is 3.43. The molecule has 0 bridgehead atoms. The lowest BCUT2D eigenvalue weighted by Crippen LogP contribution is -2.49. The summed E-state index contributed by atoms with van der Waals surface area (Å²) in [5.74, 6) is 2.02. The smallest absolute Gasteiger partial charge is 0.229 e. The average molecular weight is 374 g/mol. The maximum Gasteiger partial charge on any atom is 0.229 e. The topological polar surface area (TPSA) is 88.3 Å². The Morgan fingerprint density at radius 1 is 1.11 bits per heavy atom. The molecule has 1 aliphatic heterocycles. The molecule has 2 saturated carbocycles. The summed E-state index contributed by atoms with van der Waals surface area (Å²) in [6, 6.07) is 0.349. The van der Waals surface area contributed by atoms with E-state index >= 15 is 0 Å². The summed E-state index contributed by atoms with van der Waals surface area (Å²) in [6.45, 7) is 1.08. The minimum Gasteiger partial charge on any atom is -0.355 e. The fraction of sp³-hybridized carbons (Fsp3) is 0.800. The number of hydrogen-bond acceptors (Lipinski definition) is 5. The SMILES string of the molecule is O=C(NCCc1noc(C2CCCC2)n1)C1CCC(=O)N(C2CCCC2)C1. The summed E-state index contributed by atoms with van der Waals surface area (Å²) >= 11 is 0. The molecule has 0 spiro atoms. The van der Waals surface area contributed by atoms with Gasteiger partial charge in [0.1, 0.15) is 0 Å². The van der Waals surface area contributed by atoms with E-state index in [0.29, 0.717) is 50.1 Å². The molecule has 2 aliphatic carbocycles. The fourth-order valence-corrected chi connectivity index (χ4v) is 4.80. The first-order valence-electron chi connectivity index (χ1n) is 10.6. The molecule has 3 aliphatic rings. The van der Waals surface area contributed by atoms with E-state index in [0.717, 1.165) is 31.6 Å². The van der Waals surface area contributed by atoms with E-state index in [-0.39, 0.29) is 17.7 Å². The zero-order valence-corrected chi connectivity index (χ0v) is 16.0. The summed E-state index contributed by atoms with van der Waals surface area (Å²) in [6.07, 6.45) is 11.0. The molecule has 1 aromatic heterocycles. The number of nitrogens with zero attached hydrogens (tertiary/aromatic N) is 3. The highest BCUT2D eigenvalue weighted by atomic mass is 16.5. The van der Waals surface area contributed by atoms with Gasteiger partial charge >= 0.3 is 0 Å². The van der Waals surface area contributed by atoms with Crippen LogP contribution in [0.1, 0.15) is 81.8 Å². The predicted octanol–water partition coefficient (Wildman–Crippen LogP) is 2.57. The van der Waals surface area contributed by atoms with Crippen LogP contribution in [0.3, 0.4) is 0 Å². The number of piperidine rings is 1. The fourth-order valence-electron chi connectivity index (χ4n) is 4.80. The van der Waals surface area contributed by atoms with E-state index in [4.69, 9.17) is 4.52 Å². The number of hydrogen-bond donors (Lipinski definition) is 1. The normalized spacial score (nSPS) is 24.7. The van der Waals surface area contributed by atoms with E-state index in [9.17, 15) is 9.59 Å². The Morgan fingerprint density at radius 3 is 2.63 bits per heavy atom. The summed E-state index contributed by atoms with van der Waals surface area (Å²) < 4.78 is 5.39. The van der Waals surface area contributed by atoms with E-state index in [2.05, 4.69) is 15.5 Å². The van der Waals surface area contributed by atoms with Crippen molar-refractivity contribution in [3.05, 3.63) is 11.7 Å². The van der Waals surface area contributed by atoms with Gasteiger partial charge in [0.2, 0.25) is 17.7 Å². The Hall–Kier alpha value is -1.92. The monoisotopic (exact) mass is 374 g/mol. The number of nitrogens with one attached hydrogen (secondary N) is 1. The molecule has 27 heavy (non-hydrogen) atoms. The third-order valence-electron chi connectivity index (χ3n) is 6.42. The minimum atomic E-state index is -0.0948. The lowest BCUT2D eigenvalue weighted by Gasteiger charge is -2.36. The van der Waals surface area contributed by atoms with Crippen molar-refractivity contribution in [1.29, 1.82) is 0 Å². The number of aromatic nitrogens is 2. The second kappa shape index (κ2) is 8.40. The van der Waals surface area contributed by atoms with Gasteiger partial charge in [0, 0.05) is 37.9 Å². The van der Waals surface area contributed by atoms with Crippen molar-refractivity contribution >= 4 is 11.8 Å². The van der Waals surface area contributed by atoms with Gasteiger partial charge in [-0.1, -0.05) is 30.8 Å². The van der Waals surface area contributed by atoms with Crippen molar-refractivity contribution in [2.75, 3.05) is 13.1 Å². The lowest BCUT2D eigenvalue weighted by atomic mass is 9.95. The molecule has 1 atom stereocenters. The minimum absolute atomic E-state index is 0.0463.